The van der Waals surface area contributed by atoms with Crippen LogP contribution in [-0.4, -0.2) is 51.2 Å². The molecule has 1 atom stereocenters. The van der Waals surface area contributed by atoms with Crippen molar-refractivity contribution in [2.45, 2.75) is 49.4 Å². The lowest BCUT2D eigenvalue weighted by molar-refractivity contribution is 0.129. The third kappa shape index (κ3) is 4.10. The van der Waals surface area contributed by atoms with Gasteiger partial charge in [-0.25, -0.2) is 0 Å². The van der Waals surface area contributed by atoms with Crippen LogP contribution >= 0.6 is 11.8 Å². The molecular formula is C18H26N4O2S. The zero-order valence-corrected chi connectivity index (χ0v) is 15.6. The Morgan fingerprint density at radius 1 is 1.24 bits per heavy atom. The zero-order chi connectivity index (χ0) is 17.1. The molecule has 0 aromatic carbocycles. The number of aromatic nitrogens is 3. The first-order chi connectivity index (χ1) is 12.3. The van der Waals surface area contributed by atoms with E-state index in [2.05, 4.69) is 26.7 Å². The summed E-state index contributed by atoms with van der Waals surface area (Å²) in [6, 6.07) is 4.00. The Bertz CT molecular complexity index is 659. The van der Waals surface area contributed by atoms with Crippen LogP contribution in [0.25, 0.3) is 0 Å². The van der Waals surface area contributed by atoms with Crippen LogP contribution in [-0.2, 0) is 18.3 Å². The van der Waals surface area contributed by atoms with Gasteiger partial charge in [0.15, 0.2) is 5.16 Å². The molecule has 0 radical (unpaired) electrons. The average Bonchev–Trinajstić information content (AvgIpc) is 3.37. The smallest absolute Gasteiger partial charge is 0.191 e. The third-order valence-corrected chi connectivity index (χ3v) is 6.36. The topological polar surface area (TPSA) is 56.3 Å². The zero-order valence-electron chi connectivity index (χ0n) is 14.8. The fourth-order valence-electron chi connectivity index (χ4n) is 3.72. The first-order valence-corrected chi connectivity index (χ1v) is 10.2. The van der Waals surface area contributed by atoms with Crippen molar-refractivity contribution < 1.29 is 9.15 Å². The molecule has 2 aliphatic heterocycles. The van der Waals surface area contributed by atoms with Crippen LogP contribution < -0.4 is 0 Å². The number of ether oxygens (including phenoxy) is 1. The number of thioether (sulfide) groups is 1. The fraction of sp³-hybridized carbons (Fsp3) is 0.667. The van der Waals surface area contributed by atoms with E-state index in [-0.39, 0.29) is 0 Å². The summed E-state index contributed by atoms with van der Waals surface area (Å²) >= 11 is 1.77. The highest BCUT2D eigenvalue weighted by Gasteiger charge is 2.26. The molecule has 2 fully saturated rings. The highest BCUT2D eigenvalue weighted by Crippen LogP contribution is 2.30. The largest absolute Gasteiger partial charge is 0.468 e. The lowest BCUT2D eigenvalue weighted by Gasteiger charge is -2.30. The second kappa shape index (κ2) is 7.93. The minimum Gasteiger partial charge on any atom is -0.468 e. The van der Waals surface area contributed by atoms with Crippen LogP contribution in [0.4, 0.5) is 0 Å². The van der Waals surface area contributed by atoms with Crippen LogP contribution in [0.1, 0.15) is 43.2 Å². The second-order valence-corrected chi connectivity index (χ2v) is 7.96. The van der Waals surface area contributed by atoms with Gasteiger partial charge in [0.05, 0.1) is 18.9 Å². The van der Waals surface area contributed by atoms with E-state index in [0.717, 1.165) is 61.6 Å². The van der Waals surface area contributed by atoms with Gasteiger partial charge in [0, 0.05) is 25.3 Å². The molecule has 0 bridgehead atoms. The number of furan rings is 1. The average molecular weight is 362 g/mol. The van der Waals surface area contributed by atoms with E-state index in [1.807, 2.05) is 12.1 Å². The van der Waals surface area contributed by atoms with Gasteiger partial charge >= 0.3 is 0 Å². The molecule has 1 unspecified atom stereocenters. The number of nitrogens with zero attached hydrogens (tertiary/aromatic N) is 4. The van der Waals surface area contributed by atoms with Gasteiger partial charge in [0.1, 0.15) is 11.6 Å². The predicted octanol–water partition coefficient (Wildman–Crippen LogP) is 3.06. The van der Waals surface area contributed by atoms with E-state index < -0.39 is 0 Å². The van der Waals surface area contributed by atoms with E-state index >= 15 is 0 Å². The van der Waals surface area contributed by atoms with E-state index in [9.17, 15) is 0 Å². The molecule has 0 saturated carbocycles. The maximum absolute atomic E-state index is 5.70. The van der Waals surface area contributed by atoms with Crippen molar-refractivity contribution in [2.75, 3.05) is 25.4 Å². The van der Waals surface area contributed by atoms with Gasteiger partial charge < -0.3 is 13.7 Å². The number of hydrogen-bond donors (Lipinski definition) is 0. The third-order valence-electron chi connectivity index (χ3n) is 5.20. The molecule has 2 aliphatic rings. The van der Waals surface area contributed by atoms with Crippen LogP contribution in [0.15, 0.2) is 28.0 Å². The second-order valence-electron chi connectivity index (χ2n) is 6.98. The van der Waals surface area contributed by atoms with Gasteiger partial charge in [-0.05, 0) is 50.9 Å². The summed E-state index contributed by atoms with van der Waals surface area (Å²) in [6.07, 6.45) is 6.75. The summed E-state index contributed by atoms with van der Waals surface area (Å²) in [4.78, 5) is 2.46. The Kier molecular flexibility index (Phi) is 5.43. The van der Waals surface area contributed by atoms with Gasteiger partial charge in [-0.2, -0.15) is 0 Å². The Labute approximate surface area is 152 Å². The summed E-state index contributed by atoms with van der Waals surface area (Å²) in [7, 11) is 2.10. The molecule has 25 heavy (non-hydrogen) atoms. The minimum atomic E-state index is 0.384. The molecule has 4 heterocycles. The molecule has 0 N–H and O–H groups in total. The van der Waals surface area contributed by atoms with Crippen molar-refractivity contribution in [2.24, 2.45) is 7.05 Å². The number of rotatable bonds is 6. The minimum absolute atomic E-state index is 0.384. The molecule has 0 amide bonds. The van der Waals surface area contributed by atoms with E-state index in [1.54, 1.807) is 18.0 Å². The summed E-state index contributed by atoms with van der Waals surface area (Å²) in [5.41, 5.74) is 0. The summed E-state index contributed by atoms with van der Waals surface area (Å²) in [5, 5.41) is 9.94. The molecule has 136 valence electrons. The first kappa shape index (κ1) is 17.1. The normalized spacial score (nSPS) is 22.7. The molecule has 2 saturated heterocycles. The summed E-state index contributed by atoms with van der Waals surface area (Å²) < 4.78 is 13.3. The summed E-state index contributed by atoms with van der Waals surface area (Å²) in [5.74, 6) is 3.66. The molecule has 0 spiro atoms. The van der Waals surface area contributed by atoms with Gasteiger partial charge in [-0.1, -0.05) is 11.8 Å². The maximum Gasteiger partial charge on any atom is 0.191 e. The molecule has 2 aromatic rings. The van der Waals surface area contributed by atoms with Crippen LogP contribution in [0.3, 0.4) is 0 Å². The fourth-order valence-corrected chi connectivity index (χ4v) is 4.71. The summed E-state index contributed by atoms with van der Waals surface area (Å²) in [6.45, 7) is 3.97. The molecular weight excluding hydrogens is 336 g/mol. The predicted molar refractivity (Wildman–Crippen MR) is 96.7 cm³/mol. The van der Waals surface area contributed by atoms with Crippen molar-refractivity contribution >= 4 is 11.8 Å². The van der Waals surface area contributed by atoms with Crippen molar-refractivity contribution in [1.29, 1.82) is 0 Å². The maximum atomic E-state index is 5.70. The Balaban J connectivity index is 1.30. The molecule has 7 heteroatoms. The number of likely N-dealkylation sites (tertiary alicyclic amines) is 1. The first-order valence-electron chi connectivity index (χ1n) is 9.18. The lowest BCUT2D eigenvalue weighted by atomic mass is 9.96. The van der Waals surface area contributed by atoms with Crippen molar-refractivity contribution in [3.05, 3.63) is 30.0 Å². The lowest BCUT2D eigenvalue weighted by Crippen LogP contribution is -2.33. The van der Waals surface area contributed by atoms with Gasteiger partial charge in [-0.3, -0.25) is 4.90 Å². The number of piperidine rings is 1. The highest BCUT2D eigenvalue weighted by atomic mass is 32.2. The van der Waals surface area contributed by atoms with E-state index in [4.69, 9.17) is 9.15 Å². The highest BCUT2D eigenvalue weighted by molar-refractivity contribution is 7.99. The SMILES string of the molecule is Cn1c(SCC2CCCO2)nnc1C1CCN(Cc2ccco2)CC1. The van der Waals surface area contributed by atoms with Crippen LogP contribution in [0, 0.1) is 0 Å². The van der Waals surface area contributed by atoms with E-state index in [1.165, 1.54) is 12.8 Å². The quantitative estimate of drug-likeness (QED) is 0.736. The van der Waals surface area contributed by atoms with E-state index in [0.29, 0.717) is 12.0 Å². The molecule has 4 rings (SSSR count). The van der Waals surface area contributed by atoms with Crippen molar-refractivity contribution in [1.82, 2.24) is 19.7 Å². The van der Waals surface area contributed by atoms with Crippen molar-refractivity contribution in [3.63, 3.8) is 0 Å². The monoisotopic (exact) mass is 362 g/mol. The number of hydrogen-bond acceptors (Lipinski definition) is 6. The Morgan fingerprint density at radius 2 is 2.12 bits per heavy atom. The van der Waals surface area contributed by atoms with Gasteiger partial charge in [0.2, 0.25) is 0 Å². The van der Waals surface area contributed by atoms with Crippen LogP contribution in [0.5, 0.6) is 0 Å². The molecule has 2 aromatic heterocycles. The Hall–Kier alpha value is -1.31. The standard InChI is InChI=1S/C18H26N4O2S/c1-21-17(19-20-18(21)25-13-16-5-3-11-24-16)14-6-8-22(9-7-14)12-15-4-2-10-23-15/h2,4,10,14,16H,3,5-9,11-13H2,1H3. The molecule has 0 aliphatic carbocycles. The Morgan fingerprint density at radius 3 is 2.84 bits per heavy atom. The van der Waals surface area contributed by atoms with Crippen molar-refractivity contribution in [3.8, 4) is 0 Å². The van der Waals surface area contributed by atoms with Crippen LogP contribution in [0.2, 0.25) is 0 Å². The molecule has 6 nitrogen and oxygen atoms in total. The van der Waals surface area contributed by atoms with Gasteiger partial charge in [0.25, 0.3) is 0 Å². The van der Waals surface area contributed by atoms with Gasteiger partial charge in [-0.15, -0.1) is 10.2 Å².